The molecule has 0 saturated carbocycles. The molecule has 4 rings (SSSR count). The Morgan fingerprint density at radius 3 is 2.56 bits per heavy atom. The molecular weight excluding hydrogens is 418 g/mol. The van der Waals surface area contributed by atoms with E-state index in [4.69, 9.17) is 9.72 Å². The van der Waals surface area contributed by atoms with Gasteiger partial charge in [-0.2, -0.15) is 0 Å². The number of imidazole rings is 1. The summed E-state index contributed by atoms with van der Waals surface area (Å²) in [4.78, 5) is 9.46. The number of methoxy groups -OCH3 is 1. The van der Waals surface area contributed by atoms with E-state index in [0.717, 1.165) is 45.2 Å². The fourth-order valence-electron chi connectivity index (χ4n) is 4.06. The Morgan fingerprint density at radius 1 is 1.12 bits per heavy atom. The van der Waals surface area contributed by atoms with Crippen LogP contribution in [0.1, 0.15) is 36.5 Å². The van der Waals surface area contributed by atoms with Crippen molar-refractivity contribution in [3.05, 3.63) is 71.4 Å². The average Bonchev–Trinajstić information content (AvgIpc) is 3.17. The van der Waals surface area contributed by atoms with E-state index in [9.17, 15) is 5.11 Å². The highest BCUT2D eigenvalue weighted by Crippen LogP contribution is 2.34. The molecule has 0 aliphatic carbocycles. The number of thioether (sulfide) groups is 1. The number of rotatable bonds is 8. The second-order valence-corrected chi connectivity index (χ2v) is 8.90. The van der Waals surface area contributed by atoms with Crippen LogP contribution < -0.4 is 4.74 Å². The van der Waals surface area contributed by atoms with Gasteiger partial charge in [0.25, 0.3) is 0 Å². The molecule has 2 aromatic carbocycles. The fraction of sp³-hybridized carbons (Fsp3) is 0.308. The normalized spacial score (nSPS) is 11.4. The minimum Gasteiger partial charge on any atom is -0.494 e. The van der Waals surface area contributed by atoms with Crippen molar-refractivity contribution in [1.82, 2.24) is 14.5 Å². The zero-order chi connectivity index (χ0) is 22.7. The summed E-state index contributed by atoms with van der Waals surface area (Å²) >= 11 is 1.65. The first-order valence-electron chi connectivity index (χ1n) is 10.8. The van der Waals surface area contributed by atoms with Gasteiger partial charge >= 0.3 is 0 Å². The number of aliphatic hydroxyl groups is 1. The molecule has 166 valence electrons. The van der Waals surface area contributed by atoms with Crippen molar-refractivity contribution in [2.75, 3.05) is 20.0 Å². The molecule has 0 atom stereocenters. The number of fused-ring (bicyclic) bond motifs is 1. The van der Waals surface area contributed by atoms with Crippen molar-refractivity contribution >= 4 is 22.8 Å². The van der Waals surface area contributed by atoms with E-state index in [2.05, 4.69) is 65.9 Å². The number of hydrogen-bond acceptors (Lipinski definition) is 5. The van der Waals surface area contributed by atoms with Crippen LogP contribution in [0.15, 0.2) is 59.8 Å². The fourth-order valence-corrected chi connectivity index (χ4v) is 4.63. The Morgan fingerprint density at radius 2 is 1.91 bits per heavy atom. The first kappa shape index (κ1) is 22.4. The zero-order valence-corrected chi connectivity index (χ0v) is 19.8. The van der Waals surface area contributed by atoms with Gasteiger partial charge in [-0.3, -0.25) is 0 Å². The lowest BCUT2D eigenvalue weighted by molar-refractivity contribution is 0.278. The largest absolute Gasteiger partial charge is 0.494 e. The molecule has 0 amide bonds. The summed E-state index contributed by atoms with van der Waals surface area (Å²) in [7, 11) is 1.68. The summed E-state index contributed by atoms with van der Waals surface area (Å²) in [6.07, 6.45) is 4.62. The first-order valence-corrected chi connectivity index (χ1v) is 12.0. The van der Waals surface area contributed by atoms with Crippen molar-refractivity contribution in [2.45, 2.75) is 37.8 Å². The summed E-state index contributed by atoms with van der Waals surface area (Å²) in [6, 6.07) is 16.8. The Balaban J connectivity index is 1.83. The molecule has 0 fully saturated rings. The Hall–Kier alpha value is -2.83. The van der Waals surface area contributed by atoms with Gasteiger partial charge in [0.15, 0.2) is 0 Å². The van der Waals surface area contributed by atoms with Gasteiger partial charge in [0.1, 0.15) is 17.1 Å². The molecule has 5 nitrogen and oxygen atoms in total. The summed E-state index contributed by atoms with van der Waals surface area (Å²) in [6.45, 7) is 4.85. The number of benzene rings is 2. The van der Waals surface area contributed by atoms with Gasteiger partial charge in [-0.05, 0) is 47.1 Å². The number of nitrogens with zero attached hydrogens (tertiary/aromatic N) is 3. The lowest BCUT2D eigenvalue weighted by atomic mass is 10.0. The van der Waals surface area contributed by atoms with E-state index in [1.807, 2.05) is 18.5 Å². The standard InChI is InChI=1S/C26H29N3O2S/c1-17(2)19-7-9-20(10-8-19)25-28-22-15-18(14-21-6-5-11-27-26(21)32-4)16-23(31-3)24(22)29(25)12-13-30/h5-11,15-17,30H,12-14H2,1-4H3. The van der Waals surface area contributed by atoms with Crippen LogP contribution in [-0.4, -0.2) is 39.6 Å². The van der Waals surface area contributed by atoms with Gasteiger partial charge < -0.3 is 14.4 Å². The SMILES string of the molecule is COc1cc(Cc2cccnc2SC)cc2nc(-c3ccc(C(C)C)cc3)n(CCO)c12. The lowest BCUT2D eigenvalue weighted by Gasteiger charge is -2.12. The van der Waals surface area contributed by atoms with Crippen LogP contribution in [0.5, 0.6) is 5.75 Å². The maximum absolute atomic E-state index is 9.76. The summed E-state index contributed by atoms with van der Waals surface area (Å²) in [5.74, 6) is 2.07. The van der Waals surface area contributed by atoms with Crippen molar-refractivity contribution in [3.63, 3.8) is 0 Å². The predicted octanol–water partition coefficient (Wildman–Crippen LogP) is 5.54. The summed E-state index contributed by atoms with van der Waals surface area (Å²) < 4.78 is 7.84. The minimum absolute atomic E-state index is 0.0280. The van der Waals surface area contributed by atoms with Crippen molar-refractivity contribution in [3.8, 4) is 17.1 Å². The molecule has 0 bridgehead atoms. The molecule has 0 saturated heterocycles. The summed E-state index contributed by atoms with van der Waals surface area (Å²) in [5.41, 5.74) is 6.39. The first-order chi connectivity index (χ1) is 15.5. The van der Waals surface area contributed by atoms with Crippen LogP contribution >= 0.6 is 11.8 Å². The van der Waals surface area contributed by atoms with Crippen LogP contribution in [0.25, 0.3) is 22.4 Å². The van der Waals surface area contributed by atoms with Crippen LogP contribution in [0.3, 0.4) is 0 Å². The molecule has 4 aromatic rings. The topological polar surface area (TPSA) is 60.2 Å². The zero-order valence-electron chi connectivity index (χ0n) is 19.0. The summed E-state index contributed by atoms with van der Waals surface area (Å²) in [5, 5.41) is 10.8. The molecule has 6 heteroatoms. The van der Waals surface area contributed by atoms with Gasteiger partial charge in [-0.15, -0.1) is 11.8 Å². The highest BCUT2D eigenvalue weighted by Gasteiger charge is 2.18. The van der Waals surface area contributed by atoms with Crippen molar-refractivity contribution in [1.29, 1.82) is 0 Å². The van der Waals surface area contributed by atoms with Gasteiger partial charge in [-0.25, -0.2) is 9.97 Å². The Labute approximate surface area is 193 Å². The van der Waals surface area contributed by atoms with Crippen LogP contribution in [0, 0.1) is 0 Å². The van der Waals surface area contributed by atoms with Gasteiger partial charge in [0.05, 0.1) is 24.3 Å². The predicted molar refractivity (Wildman–Crippen MR) is 132 cm³/mol. The average molecular weight is 448 g/mol. The molecule has 0 unspecified atom stereocenters. The van der Waals surface area contributed by atoms with E-state index in [1.165, 1.54) is 11.1 Å². The smallest absolute Gasteiger partial charge is 0.145 e. The maximum Gasteiger partial charge on any atom is 0.145 e. The molecule has 0 aliphatic rings. The molecule has 0 spiro atoms. The minimum atomic E-state index is 0.0280. The van der Waals surface area contributed by atoms with Crippen LogP contribution in [0.4, 0.5) is 0 Å². The van der Waals surface area contributed by atoms with E-state index in [1.54, 1.807) is 18.9 Å². The highest BCUT2D eigenvalue weighted by atomic mass is 32.2. The Kier molecular flexibility index (Phi) is 6.82. The molecule has 0 radical (unpaired) electrons. The second kappa shape index (κ2) is 9.76. The monoisotopic (exact) mass is 447 g/mol. The lowest BCUT2D eigenvalue weighted by Crippen LogP contribution is -2.05. The third-order valence-electron chi connectivity index (χ3n) is 5.68. The van der Waals surface area contributed by atoms with Crippen molar-refractivity contribution < 1.29 is 9.84 Å². The number of hydrogen-bond donors (Lipinski definition) is 1. The third kappa shape index (κ3) is 4.38. The van der Waals surface area contributed by atoms with Crippen LogP contribution in [-0.2, 0) is 13.0 Å². The molecule has 1 N–H and O–H groups in total. The highest BCUT2D eigenvalue weighted by molar-refractivity contribution is 7.98. The van der Waals surface area contributed by atoms with Crippen molar-refractivity contribution in [2.24, 2.45) is 0 Å². The number of aromatic nitrogens is 3. The second-order valence-electron chi connectivity index (χ2n) is 8.10. The maximum atomic E-state index is 9.76. The molecule has 2 heterocycles. The molecule has 2 aromatic heterocycles. The Bertz CT molecular complexity index is 1220. The van der Waals surface area contributed by atoms with Gasteiger partial charge in [0, 0.05) is 24.7 Å². The number of ether oxygens (including phenoxy) is 1. The van der Waals surface area contributed by atoms with Gasteiger partial charge in [-0.1, -0.05) is 44.2 Å². The van der Waals surface area contributed by atoms with E-state index < -0.39 is 0 Å². The molecule has 0 aliphatic heterocycles. The third-order valence-corrected chi connectivity index (χ3v) is 6.44. The van der Waals surface area contributed by atoms with E-state index >= 15 is 0 Å². The molecular formula is C26H29N3O2S. The van der Waals surface area contributed by atoms with E-state index in [0.29, 0.717) is 12.5 Å². The number of pyridine rings is 1. The van der Waals surface area contributed by atoms with Gasteiger partial charge in [0.2, 0.25) is 0 Å². The van der Waals surface area contributed by atoms with Crippen LogP contribution in [0.2, 0.25) is 0 Å². The number of aliphatic hydroxyl groups excluding tert-OH is 1. The quantitative estimate of drug-likeness (QED) is 0.360. The molecule has 32 heavy (non-hydrogen) atoms. The van der Waals surface area contributed by atoms with E-state index in [-0.39, 0.29) is 6.61 Å².